The second-order valence-corrected chi connectivity index (χ2v) is 5.15. The van der Waals surface area contributed by atoms with Crippen LogP contribution in [0.1, 0.15) is 16.1 Å². The number of benzene rings is 1. The minimum absolute atomic E-state index is 0.305. The van der Waals surface area contributed by atoms with Crippen LogP contribution < -0.4 is 10.1 Å². The Kier molecular flexibility index (Phi) is 3.84. The van der Waals surface area contributed by atoms with Crippen molar-refractivity contribution in [1.82, 2.24) is 19.6 Å². The molecule has 1 amide bonds. The quantitative estimate of drug-likeness (QED) is 0.801. The number of anilines is 1. The van der Waals surface area contributed by atoms with Crippen LogP contribution in [0, 0.1) is 6.92 Å². The fourth-order valence-corrected chi connectivity index (χ4v) is 2.22. The summed E-state index contributed by atoms with van der Waals surface area (Å²) < 4.78 is 8.59. The summed E-state index contributed by atoms with van der Waals surface area (Å²) in [6.45, 7) is 1.99. The van der Waals surface area contributed by atoms with Crippen LogP contribution in [0.2, 0.25) is 0 Å². The molecule has 23 heavy (non-hydrogen) atoms. The van der Waals surface area contributed by atoms with Crippen molar-refractivity contribution < 1.29 is 9.53 Å². The Labute approximate surface area is 133 Å². The summed E-state index contributed by atoms with van der Waals surface area (Å²) in [4.78, 5) is 12.2. The van der Waals surface area contributed by atoms with E-state index in [-0.39, 0.29) is 5.91 Å². The number of aromatic nitrogens is 4. The zero-order valence-corrected chi connectivity index (χ0v) is 13.1. The van der Waals surface area contributed by atoms with Gasteiger partial charge in [-0.05, 0) is 30.7 Å². The van der Waals surface area contributed by atoms with Crippen LogP contribution in [0.3, 0.4) is 0 Å². The van der Waals surface area contributed by atoms with Crippen LogP contribution in [0.25, 0.3) is 5.69 Å². The van der Waals surface area contributed by atoms with E-state index in [0.717, 1.165) is 11.3 Å². The van der Waals surface area contributed by atoms with Crippen LogP contribution in [-0.2, 0) is 7.05 Å². The zero-order valence-electron chi connectivity index (χ0n) is 13.1. The summed E-state index contributed by atoms with van der Waals surface area (Å²) in [6.07, 6.45) is 3.48. The second kappa shape index (κ2) is 5.96. The molecule has 0 bridgehead atoms. The molecule has 3 rings (SSSR count). The lowest BCUT2D eigenvalue weighted by Crippen LogP contribution is -2.14. The predicted molar refractivity (Wildman–Crippen MR) is 86.0 cm³/mol. The molecule has 0 unspecified atom stereocenters. The molecule has 0 spiro atoms. The molecule has 7 nitrogen and oxygen atoms in total. The third-order valence-corrected chi connectivity index (χ3v) is 3.36. The molecule has 2 heterocycles. The van der Waals surface area contributed by atoms with Gasteiger partial charge in [-0.3, -0.25) is 9.48 Å². The molecule has 118 valence electrons. The lowest BCUT2D eigenvalue weighted by molar-refractivity contribution is 0.102. The Balaban J connectivity index is 1.85. The lowest BCUT2D eigenvalue weighted by Gasteiger charge is -2.09. The first-order valence-corrected chi connectivity index (χ1v) is 7.08. The van der Waals surface area contributed by atoms with Crippen molar-refractivity contribution in [3.05, 3.63) is 54.0 Å². The van der Waals surface area contributed by atoms with E-state index < -0.39 is 0 Å². The first kappa shape index (κ1) is 14.8. The van der Waals surface area contributed by atoms with Gasteiger partial charge in [-0.1, -0.05) is 6.07 Å². The summed E-state index contributed by atoms with van der Waals surface area (Å²) >= 11 is 0. The molecule has 3 aromatic rings. The van der Waals surface area contributed by atoms with E-state index in [1.807, 2.05) is 25.1 Å². The van der Waals surface area contributed by atoms with Gasteiger partial charge in [-0.2, -0.15) is 10.2 Å². The third kappa shape index (κ3) is 3.08. The van der Waals surface area contributed by atoms with E-state index in [1.165, 1.54) is 0 Å². The van der Waals surface area contributed by atoms with E-state index in [1.54, 1.807) is 48.0 Å². The summed E-state index contributed by atoms with van der Waals surface area (Å²) in [5, 5.41) is 11.1. The van der Waals surface area contributed by atoms with Gasteiger partial charge < -0.3 is 10.1 Å². The minimum atomic E-state index is -0.311. The van der Waals surface area contributed by atoms with Crippen molar-refractivity contribution in [3.8, 4) is 11.4 Å². The normalized spacial score (nSPS) is 10.6. The first-order valence-electron chi connectivity index (χ1n) is 7.08. The minimum Gasteiger partial charge on any atom is -0.494 e. The largest absolute Gasteiger partial charge is 0.494 e. The standard InChI is InChI=1S/C16H17N5O2/c1-11-4-5-14(23-3)13(10-11)21-9-6-12(18-21)16(22)17-15-7-8-20(2)19-15/h4-10H,1-3H3,(H,17,19,22). The van der Waals surface area contributed by atoms with Gasteiger partial charge in [-0.25, -0.2) is 4.68 Å². The number of carbonyl (C=O) groups is 1. The van der Waals surface area contributed by atoms with E-state index in [4.69, 9.17) is 4.74 Å². The van der Waals surface area contributed by atoms with Crippen molar-refractivity contribution in [1.29, 1.82) is 0 Å². The van der Waals surface area contributed by atoms with E-state index in [2.05, 4.69) is 15.5 Å². The zero-order chi connectivity index (χ0) is 16.4. The highest BCUT2D eigenvalue weighted by molar-refractivity contribution is 6.02. The van der Waals surface area contributed by atoms with E-state index >= 15 is 0 Å². The maximum absolute atomic E-state index is 12.2. The molecule has 0 aliphatic heterocycles. The molecule has 0 radical (unpaired) electrons. The molecule has 1 N–H and O–H groups in total. The Morgan fingerprint density at radius 1 is 1.17 bits per heavy atom. The molecule has 0 aliphatic rings. The SMILES string of the molecule is COc1ccc(C)cc1-n1ccc(C(=O)Nc2ccn(C)n2)n1. The number of hydrogen-bond donors (Lipinski definition) is 1. The lowest BCUT2D eigenvalue weighted by atomic mass is 10.2. The van der Waals surface area contributed by atoms with Crippen molar-refractivity contribution in [2.75, 3.05) is 12.4 Å². The van der Waals surface area contributed by atoms with Gasteiger partial charge in [-0.15, -0.1) is 0 Å². The summed E-state index contributed by atoms with van der Waals surface area (Å²) in [6, 6.07) is 9.16. The van der Waals surface area contributed by atoms with Crippen molar-refractivity contribution in [2.24, 2.45) is 7.05 Å². The smallest absolute Gasteiger partial charge is 0.277 e. The van der Waals surface area contributed by atoms with Crippen molar-refractivity contribution in [2.45, 2.75) is 6.92 Å². The maximum Gasteiger partial charge on any atom is 0.277 e. The molecule has 2 aromatic heterocycles. The predicted octanol–water partition coefficient (Wildman–Crippen LogP) is 2.18. The summed E-state index contributed by atoms with van der Waals surface area (Å²) in [7, 11) is 3.39. The van der Waals surface area contributed by atoms with Crippen LogP contribution in [0.5, 0.6) is 5.75 Å². The molecular weight excluding hydrogens is 294 g/mol. The highest BCUT2D eigenvalue weighted by atomic mass is 16.5. The second-order valence-electron chi connectivity index (χ2n) is 5.15. The number of carbonyl (C=O) groups excluding carboxylic acids is 1. The number of ether oxygens (including phenoxy) is 1. The molecule has 0 saturated carbocycles. The van der Waals surface area contributed by atoms with Gasteiger partial charge in [0.2, 0.25) is 0 Å². The molecule has 0 fully saturated rings. The van der Waals surface area contributed by atoms with Gasteiger partial charge in [0.15, 0.2) is 11.5 Å². The fourth-order valence-electron chi connectivity index (χ4n) is 2.22. The Morgan fingerprint density at radius 2 is 2.00 bits per heavy atom. The third-order valence-electron chi connectivity index (χ3n) is 3.36. The average molecular weight is 311 g/mol. The number of rotatable bonds is 4. The Bertz CT molecular complexity index is 850. The summed E-state index contributed by atoms with van der Waals surface area (Å²) in [5.41, 5.74) is 2.17. The maximum atomic E-state index is 12.2. The number of methoxy groups -OCH3 is 1. The molecule has 0 aliphatic carbocycles. The van der Waals surface area contributed by atoms with Gasteiger partial charge in [0, 0.05) is 25.5 Å². The number of hydrogen-bond acceptors (Lipinski definition) is 4. The Hall–Kier alpha value is -3.09. The molecule has 0 atom stereocenters. The van der Waals surface area contributed by atoms with Gasteiger partial charge >= 0.3 is 0 Å². The van der Waals surface area contributed by atoms with Crippen LogP contribution in [0.15, 0.2) is 42.7 Å². The number of amides is 1. The first-order chi connectivity index (χ1) is 11.1. The highest BCUT2D eigenvalue weighted by Gasteiger charge is 2.13. The van der Waals surface area contributed by atoms with Crippen LogP contribution in [0.4, 0.5) is 5.82 Å². The summed E-state index contributed by atoms with van der Waals surface area (Å²) in [5.74, 6) is 0.865. The number of aryl methyl sites for hydroxylation is 2. The molecule has 1 aromatic carbocycles. The topological polar surface area (TPSA) is 74.0 Å². The van der Waals surface area contributed by atoms with Crippen molar-refractivity contribution in [3.63, 3.8) is 0 Å². The monoisotopic (exact) mass is 311 g/mol. The van der Waals surface area contributed by atoms with Crippen LogP contribution >= 0.6 is 0 Å². The average Bonchev–Trinajstić information content (AvgIpc) is 3.16. The molecule has 0 saturated heterocycles. The number of nitrogens with zero attached hydrogens (tertiary/aromatic N) is 4. The molecular formula is C16H17N5O2. The Morgan fingerprint density at radius 3 is 2.70 bits per heavy atom. The van der Waals surface area contributed by atoms with Crippen LogP contribution in [-0.4, -0.2) is 32.6 Å². The van der Waals surface area contributed by atoms with Gasteiger partial charge in [0.1, 0.15) is 11.4 Å². The van der Waals surface area contributed by atoms with Gasteiger partial charge in [0.25, 0.3) is 5.91 Å². The molecule has 7 heteroatoms. The van der Waals surface area contributed by atoms with Crippen molar-refractivity contribution >= 4 is 11.7 Å². The fraction of sp³-hybridized carbons (Fsp3) is 0.188. The van der Waals surface area contributed by atoms with E-state index in [0.29, 0.717) is 17.3 Å². The van der Waals surface area contributed by atoms with Gasteiger partial charge in [0.05, 0.1) is 7.11 Å². The number of nitrogens with one attached hydrogen (secondary N) is 1. The highest BCUT2D eigenvalue weighted by Crippen LogP contribution is 2.23. The van der Waals surface area contributed by atoms with E-state index in [9.17, 15) is 4.79 Å².